The van der Waals surface area contributed by atoms with Crippen LogP contribution in [0, 0.1) is 5.41 Å². The van der Waals surface area contributed by atoms with Crippen LogP contribution in [0.1, 0.15) is 12.1 Å². The Labute approximate surface area is 129 Å². The first kappa shape index (κ1) is 17.3. The molecule has 1 aliphatic heterocycles. The van der Waals surface area contributed by atoms with E-state index in [-0.39, 0.29) is 32.7 Å². The Morgan fingerprint density at radius 2 is 2.17 bits per heavy atom. The third-order valence-corrected chi connectivity index (χ3v) is 3.81. The molecule has 1 atom stereocenters. The highest BCUT2D eigenvalue weighted by atomic mass is 19.4. The van der Waals surface area contributed by atoms with Crippen molar-refractivity contribution in [2.24, 2.45) is 5.41 Å². The predicted octanol–water partition coefficient (Wildman–Crippen LogP) is 0.852. The highest BCUT2D eigenvalue weighted by molar-refractivity contribution is 5.80. The summed E-state index contributed by atoms with van der Waals surface area (Å²) in [5, 5.41) is 12.6. The van der Waals surface area contributed by atoms with Crippen LogP contribution in [0.4, 0.5) is 13.2 Å². The van der Waals surface area contributed by atoms with E-state index in [4.69, 9.17) is 4.74 Å². The number of methoxy groups -OCH3 is 1. The zero-order valence-corrected chi connectivity index (χ0v) is 12.3. The molecule has 1 N–H and O–H groups in total. The summed E-state index contributed by atoms with van der Waals surface area (Å²) in [7, 11) is 1.37. The molecule has 2 heterocycles. The second-order valence-corrected chi connectivity index (χ2v) is 5.48. The van der Waals surface area contributed by atoms with Crippen LogP contribution in [0.5, 0.6) is 0 Å². The monoisotopic (exact) mass is 335 g/mol. The first-order valence-corrected chi connectivity index (χ1v) is 6.79. The normalized spacial score (nSPS) is 21.7. The number of nitrogens with zero attached hydrogens (tertiary/aromatic N) is 3. The summed E-state index contributed by atoms with van der Waals surface area (Å²) in [5.41, 5.74) is -2.25. The van der Waals surface area contributed by atoms with Crippen molar-refractivity contribution in [2.75, 3.05) is 26.8 Å². The topological polar surface area (TPSA) is 84.7 Å². The lowest BCUT2D eigenvalue weighted by molar-refractivity contribution is -0.151. The third-order valence-electron chi connectivity index (χ3n) is 3.81. The molecule has 1 saturated heterocycles. The fourth-order valence-corrected chi connectivity index (χ4v) is 2.56. The van der Waals surface area contributed by atoms with Gasteiger partial charge in [-0.3, -0.25) is 14.3 Å². The molecular weight excluding hydrogens is 319 g/mol. The fourth-order valence-electron chi connectivity index (χ4n) is 2.56. The summed E-state index contributed by atoms with van der Waals surface area (Å²) in [6.45, 7) is -0.241. The van der Waals surface area contributed by atoms with E-state index < -0.39 is 29.2 Å². The van der Waals surface area contributed by atoms with E-state index in [1.54, 1.807) is 0 Å². The summed E-state index contributed by atoms with van der Waals surface area (Å²) in [5.74, 6) is -1.55. The number of carbonyl (C=O) groups excluding carboxylic acids is 1. The second kappa shape index (κ2) is 6.19. The molecule has 0 saturated carbocycles. The van der Waals surface area contributed by atoms with Crippen LogP contribution >= 0.6 is 0 Å². The van der Waals surface area contributed by atoms with Crippen LogP contribution in [0.25, 0.3) is 0 Å². The number of aromatic nitrogens is 2. The van der Waals surface area contributed by atoms with Crippen molar-refractivity contribution >= 4 is 11.9 Å². The Bertz CT molecular complexity index is 602. The Kier molecular flexibility index (Phi) is 4.64. The number of carboxylic acids is 1. The van der Waals surface area contributed by atoms with Gasteiger partial charge in [-0.25, -0.2) is 0 Å². The molecule has 0 aromatic carbocycles. The van der Waals surface area contributed by atoms with E-state index in [9.17, 15) is 27.9 Å². The highest BCUT2D eigenvalue weighted by Crippen LogP contribution is 2.31. The summed E-state index contributed by atoms with van der Waals surface area (Å²) < 4.78 is 43.2. The Morgan fingerprint density at radius 3 is 2.70 bits per heavy atom. The van der Waals surface area contributed by atoms with Gasteiger partial charge in [0.15, 0.2) is 5.69 Å². The molecule has 0 radical (unpaired) electrons. The van der Waals surface area contributed by atoms with Gasteiger partial charge < -0.3 is 14.7 Å². The molecule has 1 amide bonds. The largest absolute Gasteiger partial charge is 0.481 e. The number of amides is 1. The highest BCUT2D eigenvalue weighted by Gasteiger charge is 2.46. The van der Waals surface area contributed by atoms with Crippen LogP contribution in [0.15, 0.2) is 12.3 Å². The standard InChI is InChI=1S/C13H16F3N3O4/c1-23-8-12(11(21)22)3-5-18(7-12)10(20)6-19-4-2-9(17-19)13(14,15)16/h2,4H,3,5-8H2,1H3,(H,21,22). The Balaban J connectivity index is 2.02. The minimum Gasteiger partial charge on any atom is -0.481 e. The molecule has 2 rings (SSSR count). The molecule has 1 aliphatic rings. The van der Waals surface area contributed by atoms with Crippen molar-refractivity contribution < 1.29 is 32.6 Å². The van der Waals surface area contributed by atoms with Gasteiger partial charge in [0, 0.05) is 26.4 Å². The zero-order valence-electron chi connectivity index (χ0n) is 12.3. The number of alkyl halides is 3. The lowest BCUT2D eigenvalue weighted by Crippen LogP contribution is -2.41. The van der Waals surface area contributed by atoms with E-state index in [1.807, 2.05) is 0 Å². The van der Waals surface area contributed by atoms with E-state index in [1.165, 1.54) is 12.0 Å². The predicted molar refractivity (Wildman–Crippen MR) is 70.4 cm³/mol. The lowest BCUT2D eigenvalue weighted by atomic mass is 9.88. The van der Waals surface area contributed by atoms with Gasteiger partial charge in [-0.05, 0) is 12.5 Å². The maximum atomic E-state index is 12.5. The van der Waals surface area contributed by atoms with Gasteiger partial charge in [0.05, 0.1) is 6.61 Å². The Hall–Kier alpha value is -2.10. The maximum absolute atomic E-state index is 12.5. The van der Waals surface area contributed by atoms with E-state index >= 15 is 0 Å². The molecule has 0 bridgehead atoms. The smallest absolute Gasteiger partial charge is 0.435 e. The quantitative estimate of drug-likeness (QED) is 0.862. The number of hydrogen-bond donors (Lipinski definition) is 1. The van der Waals surface area contributed by atoms with E-state index in [0.29, 0.717) is 0 Å². The van der Waals surface area contributed by atoms with Crippen LogP contribution < -0.4 is 0 Å². The molecule has 128 valence electrons. The Morgan fingerprint density at radius 1 is 1.48 bits per heavy atom. The third kappa shape index (κ3) is 3.63. The summed E-state index contributed by atoms with van der Waals surface area (Å²) in [6.07, 6.45) is -3.27. The van der Waals surface area contributed by atoms with Gasteiger partial charge in [-0.1, -0.05) is 0 Å². The van der Waals surface area contributed by atoms with Crippen LogP contribution in [0.2, 0.25) is 0 Å². The summed E-state index contributed by atoms with van der Waals surface area (Å²) in [4.78, 5) is 24.8. The van der Waals surface area contributed by atoms with Crippen LogP contribution in [-0.4, -0.2) is 58.5 Å². The zero-order chi connectivity index (χ0) is 17.3. The molecule has 1 aromatic heterocycles. The van der Waals surface area contributed by atoms with Crippen molar-refractivity contribution in [3.63, 3.8) is 0 Å². The van der Waals surface area contributed by atoms with Crippen molar-refractivity contribution in [3.8, 4) is 0 Å². The molecule has 1 unspecified atom stereocenters. The molecular formula is C13H16F3N3O4. The number of hydrogen-bond acceptors (Lipinski definition) is 4. The number of aliphatic carboxylic acids is 1. The molecule has 1 fully saturated rings. The van der Waals surface area contributed by atoms with Crippen molar-refractivity contribution in [2.45, 2.75) is 19.1 Å². The maximum Gasteiger partial charge on any atom is 0.435 e. The van der Waals surface area contributed by atoms with Crippen LogP contribution in [-0.2, 0) is 27.0 Å². The lowest BCUT2D eigenvalue weighted by Gasteiger charge is -2.23. The number of rotatable bonds is 5. The van der Waals surface area contributed by atoms with E-state index in [0.717, 1.165) is 16.9 Å². The molecule has 7 nitrogen and oxygen atoms in total. The molecule has 0 spiro atoms. The number of ether oxygens (including phenoxy) is 1. The second-order valence-electron chi connectivity index (χ2n) is 5.48. The van der Waals surface area contributed by atoms with Crippen molar-refractivity contribution in [1.82, 2.24) is 14.7 Å². The summed E-state index contributed by atoms with van der Waals surface area (Å²) >= 11 is 0. The molecule has 10 heteroatoms. The van der Waals surface area contributed by atoms with Crippen molar-refractivity contribution in [1.29, 1.82) is 0 Å². The summed E-state index contributed by atoms with van der Waals surface area (Å²) in [6, 6.07) is 0.781. The van der Waals surface area contributed by atoms with Gasteiger partial charge in [-0.2, -0.15) is 18.3 Å². The van der Waals surface area contributed by atoms with Gasteiger partial charge >= 0.3 is 12.1 Å². The van der Waals surface area contributed by atoms with Crippen LogP contribution in [0.3, 0.4) is 0 Å². The van der Waals surface area contributed by atoms with Gasteiger partial charge in [0.2, 0.25) is 5.91 Å². The average molecular weight is 335 g/mol. The number of carbonyl (C=O) groups is 2. The van der Waals surface area contributed by atoms with Gasteiger partial charge in [-0.15, -0.1) is 0 Å². The SMILES string of the molecule is COCC1(C(=O)O)CCN(C(=O)Cn2ccc(C(F)(F)F)n2)C1. The first-order chi connectivity index (χ1) is 10.7. The molecule has 23 heavy (non-hydrogen) atoms. The molecule has 1 aromatic rings. The number of carboxylic acid groups (broad SMARTS) is 1. The first-order valence-electron chi connectivity index (χ1n) is 6.79. The van der Waals surface area contributed by atoms with Crippen molar-refractivity contribution in [3.05, 3.63) is 18.0 Å². The number of likely N-dealkylation sites (tertiary alicyclic amines) is 1. The number of halogens is 3. The fraction of sp³-hybridized carbons (Fsp3) is 0.615. The van der Waals surface area contributed by atoms with Gasteiger partial charge in [0.1, 0.15) is 12.0 Å². The average Bonchev–Trinajstić information content (AvgIpc) is 3.06. The van der Waals surface area contributed by atoms with Gasteiger partial charge in [0.25, 0.3) is 0 Å². The minimum atomic E-state index is -4.57. The molecule has 0 aliphatic carbocycles. The van der Waals surface area contributed by atoms with E-state index in [2.05, 4.69) is 5.10 Å². The minimum absolute atomic E-state index is 0.0356.